The van der Waals surface area contributed by atoms with Crippen molar-refractivity contribution in [2.75, 3.05) is 14.2 Å². The predicted molar refractivity (Wildman–Crippen MR) is 187 cm³/mol. The van der Waals surface area contributed by atoms with Gasteiger partial charge < -0.3 is 18.9 Å². The summed E-state index contributed by atoms with van der Waals surface area (Å²) in [6, 6.07) is 0. The largest absolute Gasteiger partial charge is 0.381 e. The van der Waals surface area contributed by atoms with Crippen LogP contribution in [0.1, 0.15) is 137 Å². The number of rotatable bonds is 7. The van der Waals surface area contributed by atoms with Gasteiger partial charge in [0, 0.05) is 49.1 Å². The van der Waals surface area contributed by atoms with Gasteiger partial charge in [0.2, 0.25) is 0 Å². The van der Waals surface area contributed by atoms with E-state index in [0.29, 0.717) is 12.8 Å². The van der Waals surface area contributed by atoms with E-state index in [9.17, 15) is 7.54 Å². The first kappa shape index (κ1) is 29.4. The minimum absolute atomic E-state index is 0.0332. The van der Waals surface area contributed by atoms with E-state index >= 15 is 4.79 Å². The Bertz CT molecular complexity index is 1630. The number of fused-ring (bicyclic) bond motifs is 7. The summed E-state index contributed by atoms with van der Waals surface area (Å²) >= 11 is 0. The molecule has 5 aliphatic rings. The number of hydrogen-bond donors (Lipinski definition) is 0. The molecule has 0 spiro atoms. The molecule has 3 saturated carbocycles. The Morgan fingerprint density at radius 1 is 1.13 bits per heavy atom. The van der Waals surface area contributed by atoms with E-state index < -0.39 is 81.7 Å². The third-order valence-corrected chi connectivity index (χ3v) is 14.1. The lowest BCUT2D eigenvalue weighted by Crippen LogP contribution is -2.79. The van der Waals surface area contributed by atoms with Crippen LogP contribution >= 0.6 is 0 Å². The molecule has 1 heterocycles. The third kappa shape index (κ3) is 4.23. The third-order valence-electron chi connectivity index (χ3n) is 14.1. The second-order valence-electron chi connectivity index (χ2n) is 18.0. The Kier molecular flexibility index (Phi) is 7.09. The monoisotopic (exact) mass is 661 g/mol. The number of ether oxygens (including phenoxy) is 4. The highest BCUT2D eigenvalue weighted by Gasteiger charge is 2.88. The number of methoxy groups -OCH3 is 2. The van der Waals surface area contributed by atoms with Crippen molar-refractivity contribution in [1.82, 2.24) is 0 Å². The van der Waals surface area contributed by atoms with Gasteiger partial charge in [-0.25, -0.2) is 0 Å². The van der Waals surface area contributed by atoms with E-state index in [1.807, 2.05) is 13.0 Å². The normalized spacial score (nSPS) is 47.4. The van der Waals surface area contributed by atoms with Crippen molar-refractivity contribution in [3.63, 3.8) is 0 Å². The number of Topliss-reactive ketones (excluding diaryl/α,β-unsaturated/α-hetero) is 1. The fraction of sp³-hybridized carbons (Fsp3) is 0.854. The molecule has 0 aromatic rings. The quantitative estimate of drug-likeness (QED) is 0.272. The van der Waals surface area contributed by atoms with Gasteiger partial charge >= 0.3 is 0 Å². The average molecular weight is 661 g/mol. The standard InChI is InChI=1S/C41H66O6/c1-17-18-23(2)34-46-30-22-29-38(14)20-19-27-21-28(42)24(3)25(4)39(27,35(6,7)8)31(38)33(45-16)37(12,13)41(29,36(9,10)11)40(30,47-34)32(43)26(5)44-15/h21,23,26,29-31,33-34H,17-20,22H2,1-16H3/t23?,26?,29-,30+,31-,33+,34?,38-,39+,40-,41-/m0/s1/i17D2,18D2,23D,34D. The van der Waals surface area contributed by atoms with Crippen LogP contribution in [-0.2, 0) is 28.5 Å². The first-order valence-corrected chi connectivity index (χ1v) is 17.6. The lowest BCUT2D eigenvalue weighted by atomic mass is 9.28. The molecule has 0 amide bonds. The van der Waals surface area contributed by atoms with Gasteiger partial charge in [0.1, 0.15) is 6.10 Å². The summed E-state index contributed by atoms with van der Waals surface area (Å²) in [5.74, 6) is -3.52. The molecule has 1 saturated heterocycles. The van der Waals surface area contributed by atoms with Gasteiger partial charge in [0.05, 0.1) is 13.6 Å². The molecule has 6 heteroatoms. The molecule has 0 bridgehead atoms. The Labute approximate surface area is 294 Å². The Hall–Kier alpha value is -1.34. The minimum atomic E-state index is -2.94. The van der Waals surface area contributed by atoms with Crippen LogP contribution in [0.3, 0.4) is 0 Å². The minimum Gasteiger partial charge on any atom is -0.381 e. The number of hydrogen-bond acceptors (Lipinski definition) is 6. The van der Waals surface area contributed by atoms with Crippen molar-refractivity contribution in [3.05, 3.63) is 22.8 Å². The van der Waals surface area contributed by atoms with Crippen LogP contribution in [-0.4, -0.2) is 56.0 Å². The van der Waals surface area contributed by atoms with E-state index in [1.165, 1.54) is 7.11 Å². The van der Waals surface area contributed by atoms with Crippen LogP contribution in [0.4, 0.5) is 0 Å². The summed E-state index contributed by atoms with van der Waals surface area (Å²) in [6.07, 6.45) is -7.46. The van der Waals surface area contributed by atoms with Crippen molar-refractivity contribution in [3.8, 4) is 0 Å². The maximum Gasteiger partial charge on any atom is 0.196 e. The zero-order chi connectivity index (χ0) is 40.9. The van der Waals surface area contributed by atoms with E-state index in [2.05, 4.69) is 69.2 Å². The maximum absolute atomic E-state index is 15.5. The first-order chi connectivity index (χ1) is 23.7. The SMILES string of the molecule is [2H]C([2H])(C)C([2H])([2H])C([2H])(C)C1([2H])O[C@@H]2C[C@H]3[C@]4(C)CCC5=CC(=O)C(C)=C(C)[C@]5(C(C)(C)C)[C@H]4[C@@H](OC)C(C)(C)[C@]3(C(C)(C)C)[C@]2(C(=O)C(C)OC)O1. The molecule has 5 rings (SSSR count). The van der Waals surface area contributed by atoms with Crippen molar-refractivity contribution < 1.29 is 36.8 Å². The van der Waals surface area contributed by atoms with Crippen molar-refractivity contribution in [2.24, 2.45) is 50.2 Å². The lowest BCUT2D eigenvalue weighted by Gasteiger charge is -2.76. The van der Waals surface area contributed by atoms with Crippen LogP contribution < -0.4 is 0 Å². The summed E-state index contributed by atoms with van der Waals surface area (Å²) in [7, 11) is 3.16. The Balaban J connectivity index is 1.93. The Morgan fingerprint density at radius 3 is 2.26 bits per heavy atom. The molecule has 0 N–H and O–H groups in total. The fourth-order valence-electron chi connectivity index (χ4n) is 13.0. The molecule has 3 unspecified atom stereocenters. The van der Waals surface area contributed by atoms with Gasteiger partial charge in [0.15, 0.2) is 23.4 Å². The van der Waals surface area contributed by atoms with Crippen LogP contribution in [0, 0.1) is 50.2 Å². The summed E-state index contributed by atoms with van der Waals surface area (Å²) in [4.78, 5) is 29.0. The molecule has 0 radical (unpaired) electrons. The van der Waals surface area contributed by atoms with Gasteiger partial charge in [-0.3, -0.25) is 9.59 Å². The highest BCUT2D eigenvalue weighted by molar-refractivity contribution is 6.06. The molecule has 266 valence electrons. The lowest BCUT2D eigenvalue weighted by molar-refractivity contribution is -0.324. The molecule has 47 heavy (non-hydrogen) atoms. The summed E-state index contributed by atoms with van der Waals surface area (Å²) in [6.45, 7) is 27.4. The molecule has 0 aromatic heterocycles. The topological polar surface area (TPSA) is 71.1 Å². The summed E-state index contributed by atoms with van der Waals surface area (Å²) in [5.41, 5.74) is -3.42. The van der Waals surface area contributed by atoms with Gasteiger partial charge in [-0.1, -0.05) is 93.7 Å². The highest BCUT2D eigenvalue weighted by atomic mass is 16.7. The number of ketones is 2. The molecular weight excluding hydrogens is 588 g/mol. The highest BCUT2D eigenvalue weighted by Crippen LogP contribution is 2.84. The number of carbonyl (C=O) groups is 2. The summed E-state index contributed by atoms with van der Waals surface area (Å²) in [5, 5.41) is 0. The average Bonchev–Trinajstić information content (AvgIpc) is 3.48. The Morgan fingerprint density at radius 2 is 1.74 bits per heavy atom. The van der Waals surface area contributed by atoms with Crippen LogP contribution in [0.5, 0.6) is 0 Å². The number of carbonyl (C=O) groups excluding carboxylic acids is 2. The smallest absolute Gasteiger partial charge is 0.196 e. The zero-order valence-electron chi connectivity index (χ0n) is 38.0. The number of allylic oxidation sites excluding steroid dienone is 4. The maximum atomic E-state index is 15.5. The second-order valence-corrected chi connectivity index (χ2v) is 18.0. The molecule has 0 aromatic carbocycles. The van der Waals surface area contributed by atoms with Gasteiger partial charge in [0.25, 0.3) is 0 Å². The zero-order valence-corrected chi connectivity index (χ0v) is 32.0. The van der Waals surface area contributed by atoms with Gasteiger partial charge in [-0.05, 0) is 80.2 Å². The van der Waals surface area contributed by atoms with Crippen LogP contribution in [0.2, 0.25) is 0 Å². The summed E-state index contributed by atoms with van der Waals surface area (Å²) < 4.78 is 80.0. The van der Waals surface area contributed by atoms with E-state index in [0.717, 1.165) is 30.6 Å². The van der Waals surface area contributed by atoms with E-state index in [-0.39, 0.29) is 29.5 Å². The van der Waals surface area contributed by atoms with E-state index in [1.54, 1.807) is 14.0 Å². The van der Waals surface area contributed by atoms with Crippen molar-refractivity contribution in [2.45, 2.75) is 159 Å². The second kappa shape index (κ2) is 11.3. The molecule has 4 fully saturated rings. The van der Waals surface area contributed by atoms with Crippen molar-refractivity contribution >= 4 is 11.6 Å². The van der Waals surface area contributed by atoms with Gasteiger partial charge in [-0.2, -0.15) is 0 Å². The first-order valence-electron chi connectivity index (χ1n) is 20.6. The fourth-order valence-corrected chi connectivity index (χ4v) is 13.0. The van der Waals surface area contributed by atoms with Crippen molar-refractivity contribution in [1.29, 1.82) is 0 Å². The molecule has 6 nitrogen and oxygen atoms in total. The van der Waals surface area contributed by atoms with Crippen LogP contribution in [0.25, 0.3) is 0 Å². The molecule has 11 atom stereocenters. The predicted octanol–water partition coefficient (Wildman–Crippen LogP) is 8.91. The van der Waals surface area contributed by atoms with Crippen LogP contribution in [0.15, 0.2) is 22.8 Å². The van der Waals surface area contributed by atoms with E-state index in [4.69, 9.17) is 24.4 Å². The molecular formula is C41H66O6. The molecule has 4 aliphatic carbocycles. The van der Waals surface area contributed by atoms with Gasteiger partial charge in [-0.15, -0.1) is 0 Å². The molecule has 1 aliphatic heterocycles.